The van der Waals surface area contributed by atoms with Crippen LogP contribution in [0.3, 0.4) is 0 Å². The van der Waals surface area contributed by atoms with Gasteiger partial charge in [-0.2, -0.15) is 9.50 Å². The molecule has 1 aliphatic rings. The molecule has 0 saturated heterocycles. The summed E-state index contributed by atoms with van der Waals surface area (Å²) >= 11 is 0. The molecule has 10 nitrogen and oxygen atoms in total. The number of rotatable bonds is 7. The zero-order valence-electron chi connectivity index (χ0n) is 20.6. The fourth-order valence-electron chi connectivity index (χ4n) is 5.16. The molecule has 188 valence electrons. The zero-order valence-corrected chi connectivity index (χ0v) is 20.6. The Bertz CT molecular complexity index is 1630. The number of aromatic nitrogens is 7. The second-order valence-electron chi connectivity index (χ2n) is 9.30. The summed E-state index contributed by atoms with van der Waals surface area (Å²) in [6, 6.07) is 13.4. The lowest BCUT2D eigenvalue weighted by molar-refractivity contribution is 0.0462. The Kier molecular flexibility index (Phi) is 5.99. The second-order valence-corrected chi connectivity index (χ2v) is 9.30. The number of fused-ring (bicyclic) bond motifs is 3. The van der Waals surface area contributed by atoms with E-state index in [1.807, 2.05) is 25.1 Å². The minimum absolute atomic E-state index is 0.128. The summed E-state index contributed by atoms with van der Waals surface area (Å²) in [6.07, 6.45) is 7.46. The molecule has 5 aromatic rings. The Morgan fingerprint density at radius 3 is 2.59 bits per heavy atom. The van der Waals surface area contributed by atoms with E-state index in [0.717, 1.165) is 37.1 Å². The largest absolute Gasteiger partial charge is 0.454 e. The summed E-state index contributed by atoms with van der Waals surface area (Å²) in [5, 5.41) is 4.69. The lowest BCUT2D eigenvalue weighted by Gasteiger charge is -2.14. The fourth-order valence-corrected chi connectivity index (χ4v) is 5.16. The Balaban J connectivity index is 1.48. The number of esters is 1. The minimum atomic E-state index is -0.511. The molecule has 0 unspecified atom stereocenters. The summed E-state index contributed by atoms with van der Waals surface area (Å²) in [4.78, 5) is 39.5. The average molecular weight is 498 g/mol. The van der Waals surface area contributed by atoms with Gasteiger partial charge in [-0.25, -0.2) is 9.78 Å². The molecule has 0 bridgehead atoms. The van der Waals surface area contributed by atoms with E-state index in [4.69, 9.17) is 14.8 Å². The summed E-state index contributed by atoms with van der Waals surface area (Å²) in [5.41, 5.74) is 2.27. The number of aryl methyl sites for hydroxylation is 1. The van der Waals surface area contributed by atoms with Crippen LogP contribution in [0.25, 0.3) is 16.9 Å². The molecule has 4 heterocycles. The smallest absolute Gasteiger partial charge is 0.340 e. The van der Waals surface area contributed by atoms with Crippen LogP contribution in [0.15, 0.2) is 59.7 Å². The quantitative estimate of drug-likeness (QED) is 0.315. The number of hydrogen-bond donors (Lipinski definition) is 0. The van der Waals surface area contributed by atoms with Gasteiger partial charge in [0.1, 0.15) is 5.82 Å². The average Bonchev–Trinajstić information content (AvgIpc) is 3.68. The number of hydrogen-bond acceptors (Lipinski definition) is 7. The molecule has 10 heteroatoms. The first-order valence-corrected chi connectivity index (χ1v) is 12.6. The number of nitrogens with zero attached hydrogens (tertiary/aromatic N) is 7. The van der Waals surface area contributed by atoms with Gasteiger partial charge in [0.25, 0.3) is 5.56 Å². The first kappa shape index (κ1) is 23.1. The highest BCUT2D eigenvalue weighted by Gasteiger charge is 2.28. The lowest BCUT2D eigenvalue weighted by Crippen LogP contribution is -2.23. The third-order valence-corrected chi connectivity index (χ3v) is 6.94. The number of imidazole rings is 1. The third kappa shape index (κ3) is 4.18. The van der Waals surface area contributed by atoms with Crippen LogP contribution in [-0.4, -0.2) is 39.7 Å². The highest BCUT2D eigenvalue weighted by molar-refractivity contribution is 5.88. The van der Waals surface area contributed by atoms with Crippen LogP contribution in [0.4, 0.5) is 0 Å². The molecule has 6 rings (SSSR count). The first-order valence-electron chi connectivity index (χ1n) is 12.6. The maximum atomic E-state index is 13.6. The van der Waals surface area contributed by atoms with Crippen LogP contribution < -0.4 is 5.56 Å². The van der Waals surface area contributed by atoms with Gasteiger partial charge in [-0.3, -0.25) is 14.3 Å². The van der Waals surface area contributed by atoms with Crippen molar-refractivity contribution in [3.8, 4) is 0 Å². The van der Waals surface area contributed by atoms with E-state index in [2.05, 4.69) is 26.7 Å². The maximum absolute atomic E-state index is 13.6. The van der Waals surface area contributed by atoms with Crippen LogP contribution >= 0.6 is 0 Å². The van der Waals surface area contributed by atoms with E-state index in [1.54, 1.807) is 27.4 Å². The molecule has 1 fully saturated rings. The molecule has 37 heavy (non-hydrogen) atoms. The van der Waals surface area contributed by atoms with Gasteiger partial charge in [0.15, 0.2) is 23.6 Å². The molecule has 1 aromatic carbocycles. The molecule has 0 spiro atoms. The van der Waals surface area contributed by atoms with E-state index < -0.39 is 5.97 Å². The van der Waals surface area contributed by atoms with Gasteiger partial charge in [0.05, 0.1) is 12.1 Å². The number of carbonyl (C=O) groups excluding carboxylic acids is 1. The van der Waals surface area contributed by atoms with Crippen molar-refractivity contribution in [2.45, 2.75) is 58.2 Å². The zero-order chi connectivity index (χ0) is 25.4. The SMILES string of the molecule is CCn1c(=O)c2nc(C3CCCC3)n(Cc3ccccc3)c2n2nc(COC(=O)c3cccnc3)nc12. The van der Waals surface area contributed by atoms with Crippen molar-refractivity contribution < 1.29 is 9.53 Å². The third-order valence-electron chi connectivity index (χ3n) is 6.94. The van der Waals surface area contributed by atoms with Crippen molar-refractivity contribution in [2.75, 3.05) is 0 Å². The molecular weight excluding hydrogens is 470 g/mol. The van der Waals surface area contributed by atoms with Crippen LogP contribution in [0, 0.1) is 0 Å². The van der Waals surface area contributed by atoms with Crippen LogP contribution in [0.1, 0.15) is 66.1 Å². The second kappa shape index (κ2) is 9.61. The van der Waals surface area contributed by atoms with Gasteiger partial charge in [-0.1, -0.05) is 43.2 Å². The Labute approximate surface area is 212 Å². The van der Waals surface area contributed by atoms with Gasteiger partial charge in [0, 0.05) is 24.9 Å². The van der Waals surface area contributed by atoms with Crippen LogP contribution in [0.2, 0.25) is 0 Å². The summed E-state index contributed by atoms with van der Waals surface area (Å²) in [6.45, 7) is 2.75. The minimum Gasteiger partial charge on any atom is -0.454 e. The van der Waals surface area contributed by atoms with E-state index in [0.29, 0.717) is 47.3 Å². The predicted molar refractivity (Wildman–Crippen MR) is 136 cm³/mol. The van der Waals surface area contributed by atoms with Crippen molar-refractivity contribution in [3.05, 3.63) is 88.0 Å². The number of carbonyl (C=O) groups is 1. The molecular formula is C27H27N7O3. The fraction of sp³-hybridized carbons (Fsp3) is 0.333. The van der Waals surface area contributed by atoms with Crippen molar-refractivity contribution in [3.63, 3.8) is 0 Å². The molecule has 4 aromatic heterocycles. The molecule has 0 atom stereocenters. The number of benzene rings is 1. The van der Waals surface area contributed by atoms with Crippen LogP contribution in [0.5, 0.6) is 0 Å². The topological polar surface area (TPSA) is 109 Å². The highest BCUT2D eigenvalue weighted by atomic mass is 16.5. The van der Waals surface area contributed by atoms with Crippen molar-refractivity contribution in [1.29, 1.82) is 0 Å². The molecule has 0 aliphatic heterocycles. The van der Waals surface area contributed by atoms with E-state index in [1.165, 1.54) is 6.20 Å². The summed E-state index contributed by atoms with van der Waals surface area (Å²) in [5.74, 6) is 1.41. The lowest BCUT2D eigenvalue weighted by atomic mass is 10.1. The van der Waals surface area contributed by atoms with Crippen LogP contribution in [-0.2, 0) is 24.4 Å². The van der Waals surface area contributed by atoms with Gasteiger partial charge in [-0.15, -0.1) is 5.10 Å². The Hall–Kier alpha value is -4.34. The van der Waals surface area contributed by atoms with E-state index in [-0.39, 0.29) is 12.2 Å². The van der Waals surface area contributed by atoms with Gasteiger partial charge >= 0.3 is 5.97 Å². The standard InChI is InChI=1S/C27H27N7O3/c1-2-32-25(35)22-24(33(16-18-9-4-3-5-10-18)23(30-22)19-11-6-7-12-19)34-27(32)29-21(31-34)17-37-26(36)20-13-8-14-28-15-20/h3-5,8-10,13-15,19H,2,6-7,11-12,16-17H2,1H3. The molecule has 1 aliphatic carbocycles. The van der Waals surface area contributed by atoms with Crippen molar-refractivity contribution in [1.82, 2.24) is 33.7 Å². The van der Waals surface area contributed by atoms with E-state index >= 15 is 0 Å². The van der Waals surface area contributed by atoms with Gasteiger partial charge < -0.3 is 9.30 Å². The predicted octanol–water partition coefficient (Wildman–Crippen LogP) is 3.72. The monoisotopic (exact) mass is 497 g/mol. The maximum Gasteiger partial charge on any atom is 0.340 e. The number of ether oxygens (including phenoxy) is 1. The molecule has 0 radical (unpaired) electrons. The number of pyridine rings is 1. The Morgan fingerprint density at radius 2 is 1.86 bits per heavy atom. The molecule has 1 saturated carbocycles. The highest BCUT2D eigenvalue weighted by Crippen LogP contribution is 2.35. The normalized spacial score (nSPS) is 14.1. The van der Waals surface area contributed by atoms with Crippen molar-refractivity contribution in [2.24, 2.45) is 0 Å². The summed E-state index contributed by atoms with van der Waals surface area (Å²) in [7, 11) is 0. The molecule has 0 N–H and O–H groups in total. The van der Waals surface area contributed by atoms with Crippen molar-refractivity contribution >= 4 is 22.9 Å². The van der Waals surface area contributed by atoms with E-state index in [9.17, 15) is 9.59 Å². The molecule has 0 amide bonds. The summed E-state index contributed by atoms with van der Waals surface area (Å²) < 4.78 is 10.8. The Morgan fingerprint density at radius 1 is 1.05 bits per heavy atom. The van der Waals surface area contributed by atoms with Gasteiger partial charge in [-0.05, 0) is 37.5 Å². The van der Waals surface area contributed by atoms with Gasteiger partial charge in [0.2, 0.25) is 5.78 Å². The first-order chi connectivity index (χ1) is 18.1.